The molecule has 1 aliphatic rings. The number of nitriles is 1. The molecule has 1 atom stereocenters. The minimum atomic E-state index is -4.75. The molecule has 25 heavy (non-hydrogen) atoms. The van der Waals surface area contributed by atoms with Crippen molar-refractivity contribution in [2.45, 2.75) is 18.7 Å². The van der Waals surface area contributed by atoms with Gasteiger partial charge in [0.15, 0.2) is 0 Å². The molecule has 0 radical (unpaired) electrons. The summed E-state index contributed by atoms with van der Waals surface area (Å²) < 4.78 is 39.3. The summed E-state index contributed by atoms with van der Waals surface area (Å²) >= 11 is 0. The van der Waals surface area contributed by atoms with E-state index in [9.17, 15) is 23.4 Å². The molecule has 1 aliphatic heterocycles. The van der Waals surface area contributed by atoms with Crippen LogP contribution in [0.15, 0.2) is 30.5 Å². The van der Waals surface area contributed by atoms with E-state index in [2.05, 4.69) is 4.98 Å². The smallest absolute Gasteiger partial charge is 0.417 e. The first kappa shape index (κ1) is 17.0. The zero-order valence-corrected chi connectivity index (χ0v) is 13.0. The van der Waals surface area contributed by atoms with Crippen molar-refractivity contribution in [3.8, 4) is 22.9 Å². The number of aliphatic hydroxyl groups excluding tert-OH is 1. The van der Waals surface area contributed by atoms with E-state index in [1.165, 1.54) is 12.3 Å². The molecule has 3 rings (SSSR count). The number of nitrogens with zero attached hydrogens (tertiary/aromatic N) is 3. The van der Waals surface area contributed by atoms with Crippen LogP contribution in [-0.4, -0.2) is 34.4 Å². The van der Waals surface area contributed by atoms with E-state index in [1.54, 1.807) is 12.1 Å². The third-order valence-electron chi connectivity index (χ3n) is 4.10. The molecular formula is C17H14F3N3O2. The average molecular weight is 349 g/mol. The van der Waals surface area contributed by atoms with Gasteiger partial charge in [-0.1, -0.05) is 0 Å². The summed E-state index contributed by atoms with van der Waals surface area (Å²) in [6, 6.07) is 6.57. The van der Waals surface area contributed by atoms with Gasteiger partial charge in [-0.3, -0.25) is 0 Å². The summed E-state index contributed by atoms with van der Waals surface area (Å²) in [7, 11) is 0. The Bertz CT molecular complexity index is 829. The molecule has 1 aromatic heterocycles. The lowest BCUT2D eigenvalue weighted by Crippen LogP contribution is -2.21. The molecule has 0 unspecified atom stereocenters. The van der Waals surface area contributed by atoms with Crippen molar-refractivity contribution in [3.63, 3.8) is 0 Å². The molecule has 0 saturated carbocycles. The van der Waals surface area contributed by atoms with Crippen LogP contribution in [0, 0.1) is 11.3 Å². The van der Waals surface area contributed by atoms with Gasteiger partial charge in [-0.05, 0) is 36.2 Å². The Morgan fingerprint density at radius 3 is 2.52 bits per heavy atom. The molecule has 2 heterocycles. The Labute approximate surface area is 141 Å². The quantitative estimate of drug-likeness (QED) is 0.871. The van der Waals surface area contributed by atoms with E-state index in [-0.39, 0.29) is 5.56 Å². The molecule has 1 fully saturated rings. The number of phenols is 1. The number of benzene rings is 1. The summed E-state index contributed by atoms with van der Waals surface area (Å²) in [4.78, 5) is 6.10. The van der Waals surface area contributed by atoms with Gasteiger partial charge in [-0.25, -0.2) is 4.98 Å². The van der Waals surface area contributed by atoms with E-state index in [0.29, 0.717) is 30.9 Å². The van der Waals surface area contributed by atoms with E-state index in [0.717, 1.165) is 12.1 Å². The number of aromatic nitrogens is 1. The van der Waals surface area contributed by atoms with Crippen LogP contribution in [0.3, 0.4) is 0 Å². The molecule has 2 N–H and O–H groups in total. The van der Waals surface area contributed by atoms with Crippen LogP contribution < -0.4 is 4.90 Å². The Kier molecular flexibility index (Phi) is 4.27. The number of anilines is 1. The molecule has 0 amide bonds. The number of alkyl halides is 3. The lowest BCUT2D eigenvalue weighted by atomic mass is 9.99. The Balaban J connectivity index is 1.97. The lowest BCUT2D eigenvalue weighted by molar-refractivity contribution is -0.137. The molecule has 2 aromatic rings. The van der Waals surface area contributed by atoms with E-state index in [1.807, 2.05) is 4.90 Å². The van der Waals surface area contributed by atoms with E-state index in [4.69, 9.17) is 5.26 Å². The van der Waals surface area contributed by atoms with Crippen molar-refractivity contribution in [3.05, 3.63) is 41.6 Å². The molecule has 0 spiro atoms. The second-order valence-electron chi connectivity index (χ2n) is 5.82. The summed E-state index contributed by atoms with van der Waals surface area (Å²) in [5, 5.41) is 28.2. The number of aromatic hydroxyl groups is 1. The maximum absolute atomic E-state index is 13.1. The normalized spacial score (nSPS) is 17.6. The van der Waals surface area contributed by atoms with Gasteiger partial charge in [0.2, 0.25) is 0 Å². The number of hydrogen-bond acceptors (Lipinski definition) is 5. The van der Waals surface area contributed by atoms with Crippen LogP contribution in [-0.2, 0) is 6.18 Å². The highest BCUT2D eigenvalue weighted by molar-refractivity contribution is 5.69. The van der Waals surface area contributed by atoms with Crippen LogP contribution in [0.1, 0.15) is 17.5 Å². The number of hydrogen-bond donors (Lipinski definition) is 2. The van der Waals surface area contributed by atoms with Crippen molar-refractivity contribution >= 4 is 5.82 Å². The van der Waals surface area contributed by atoms with Gasteiger partial charge in [0, 0.05) is 24.8 Å². The van der Waals surface area contributed by atoms with Gasteiger partial charge in [0.1, 0.15) is 23.2 Å². The fourth-order valence-corrected chi connectivity index (χ4v) is 2.83. The molecule has 0 bridgehead atoms. The molecule has 1 saturated heterocycles. The summed E-state index contributed by atoms with van der Waals surface area (Å²) in [5.41, 5.74) is -1.48. The fourth-order valence-electron chi connectivity index (χ4n) is 2.83. The van der Waals surface area contributed by atoms with Gasteiger partial charge < -0.3 is 15.1 Å². The largest absolute Gasteiger partial charge is 0.507 e. The third-order valence-corrected chi connectivity index (χ3v) is 4.10. The number of phenolic OH excluding ortho intramolecular Hbond substituents is 1. The Morgan fingerprint density at radius 1 is 1.24 bits per heavy atom. The zero-order valence-electron chi connectivity index (χ0n) is 13.0. The van der Waals surface area contributed by atoms with Crippen molar-refractivity contribution in [2.75, 3.05) is 18.0 Å². The first-order valence-electron chi connectivity index (χ1n) is 7.53. The minimum absolute atomic E-state index is 0.115. The van der Waals surface area contributed by atoms with Crippen molar-refractivity contribution in [2.24, 2.45) is 0 Å². The molecule has 0 aliphatic carbocycles. The highest BCUT2D eigenvalue weighted by atomic mass is 19.4. The molecule has 5 nitrogen and oxygen atoms in total. The summed E-state index contributed by atoms with van der Waals surface area (Å²) in [6.07, 6.45) is -3.12. The van der Waals surface area contributed by atoms with Gasteiger partial charge in [0.05, 0.1) is 11.7 Å². The molecule has 1 aromatic carbocycles. The summed E-state index contributed by atoms with van der Waals surface area (Å²) in [6.45, 7) is 1.12. The SMILES string of the molecule is N#Cc1c(O)cc(-c2ccc(N3CC[C@@H](O)C3)nc2)cc1C(F)(F)F. The van der Waals surface area contributed by atoms with Gasteiger partial charge >= 0.3 is 6.18 Å². The number of aliphatic hydroxyl groups is 1. The lowest BCUT2D eigenvalue weighted by Gasteiger charge is -2.17. The summed E-state index contributed by atoms with van der Waals surface area (Å²) in [5.74, 6) is -0.103. The first-order valence-corrected chi connectivity index (χ1v) is 7.53. The van der Waals surface area contributed by atoms with Crippen LogP contribution in [0.4, 0.5) is 19.0 Å². The standard InChI is InChI=1S/C17H14F3N3O2/c18-17(19,20)14-5-11(6-15(25)13(14)7-21)10-1-2-16(22-8-10)23-4-3-12(24)9-23/h1-2,5-6,8,12,24-25H,3-4,9H2/t12-/m1/s1. The van der Waals surface area contributed by atoms with Crippen molar-refractivity contribution in [1.82, 2.24) is 4.98 Å². The first-order chi connectivity index (χ1) is 11.8. The zero-order chi connectivity index (χ0) is 18.2. The average Bonchev–Trinajstić information content (AvgIpc) is 3.00. The van der Waals surface area contributed by atoms with Crippen LogP contribution >= 0.6 is 0 Å². The number of rotatable bonds is 2. The highest BCUT2D eigenvalue weighted by Gasteiger charge is 2.35. The van der Waals surface area contributed by atoms with Gasteiger partial charge in [-0.15, -0.1) is 0 Å². The predicted molar refractivity (Wildman–Crippen MR) is 83.9 cm³/mol. The van der Waals surface area contributed by atoms with Gasteiger partial charge in [0.25, 0.3) is 0 Å². The van der Waals surface area contributed by atoms with Crippen molar-refractivity contribution in [1.29, 1.82) is 5.26 Å². The molecular weight excluding hydrogens is 335 g/mol. The predicted octanol–water partition coefficient (Wildman–Crippen LogP) is 2.92. The number of halogens is 3. The third kappa shape index (κ3) is 3.37. The van der Waals surface area contributed by atoms with Gasteiger partial charge in [-0.2, -0.15) is 18.4 Å². The minimum Gasteiger partial charge on any atom is -0.507 e. The number of β-amino-alcohol motifs (C(OH)–C–C–N with tert-alkyl or cyclic N) is 1. The van der Waals surface area contributed by atoms with Crippen LogP contribution in [0.25, 0.3) is 11.1 Å². The maximum atomic E-state index is 13.1. The topological polar surface area (TPSA) is 80.4 Å². The maximum Gasteiger partial charge on any atom is 0.417 e. The molecule has 8 heteroatoms. The van der Waals surface area contributed by atoms with Crippen LogP contribution in [0.2, 0.25) is 0 Å². The van der Waals surface area contributed by atoms with Crippen LogP contribution in [0.5, 0.6) is 5.75 Å². The number of pyridine rings is 1. The molecule has 130 valence electrons. The van der Waals surface area contributed by atoms with E-state index < -0.39 is 29.2 Å². The highest BCUT2D eigenvalue weighted by Crippen LogP contribution is 2.38. The second-order valence-corrected chi connectivity index (χ2v) is 5.82. The van der Waals surface area contributed by atoms with E-state index >= 15 is 0 Å². The second kappa shape index (κ2) is 6.26. The Morgan fingerprint density at radius 2 is 2.00 bits per heavy atom. The van der Waals surface area contributed by atoms with Crippen molar-refractivity contribution < 1.29 is 23.4 Å². The Hall–Kier alpha value is -2.79. The fraction of sp³-hybridized carbons (Fsp3) is 0.294. The monoisotopic (exact) mass is 349 g/mol.